The monoisotopic (exact) mass is 422 g/mol. The Morgan fingerprint density at radius 2 is 1.12 bits per heavy atom. The maximum absolute atomic E-state index is 12.9. The van der Waals surface area contributed by atoms with Gasteiger partial charge in [0.2, 0.25) is 4.58 Å². The third-order valence-corrected chi connectivity index (χ3v) is 7.73. The smallest absolute Gasteiger partial charge is 0.218 e. The van der Waals surface area contributed by atoms with E-state index in [1.54, 1.807) is 0 Å². The molecule has 0 unspecified atom stereocenters. The van der Waals surface area contributed by atoms with E-state index >= 15 is 0 Å². The molecule has 0 atom stereocenters. The van der Waals surface area contributed by atoms with E-state index in [2.05, 4.69) is 0 Å². The van der Waals surface area contributed by atoms with Gasteiger partial charge in [0, 0.05) is 0 Å². The van der Waals surface area contributed by atoms with E-state index in [-0.39, 0.29) is 18.2 Å². The van der Waals surface area contributed by atoms with Crippen molar-refractivity contribution in [1.82, 2.24) is 0 Å². The average molecular weight is 422 g/mol. The summed E-state index contributed by atoms with van der Waals surface area (Å²) in [5.41, 5.74) is -13.5. The molecule has 0 aliphatic heterocycles. The van der Waals surface area contributed by atoms with Gasteiger partial charge in [0.25, 0.3) is 19.7 Å². The van der Waals surface area contributed by atoms with Crippen molar-refractivity contribution in [2.75, 3.05) is 0 Å². The van der Waals surface area contributed by atoms with Crippen molar-refractivity contribution < 1.29 is 43.2 Å². The molecule has 0 radical (unpaired) electrons. The highest BCUT2D eigenvalue weighted by Gasteiger charge is 2.63. The molecule has 0 spiro atoms. The van der Waals surface area contributed by atoms with Crippen molar-refractivity contribution in [3.63, 3.8) is 0 Å². The van der Waals surface area contributed by atoms with Crippen LogP contribution in [-0.2, 0) is 19.7 Å². The third kappa shape index (κ3) is 3.52. The summed E-state index contributed by atoms with van der Waals surface area (Å²) in [6.07, 6.45) is 0. The van der Waals surface area contributed by atoms with Gasteiger partial charge in [-0.15, -0.1) is 0 Å². The minimum absolute atomic E-state index is 0. The Morgan fingerprint density at radius 1 is 0.692 bits per heavy atom. The SMILES string of the molecule is C.O=S(=O)(C(c1cccc2ccccc12)S(=O)(=O)C(F)(F)F)C(F)(F)F. The molecule has 12 heteroatoms. The zero-order valence-electron chi connectivity index (χ0n) is 11.8. The van der Waals surface area contributed by atoms with Crippen LogP contribution in [-0.4, -0.2) is 27.9 Å². The second-order valence-corrected chi connectivity index (χ2v) is 9.23. The summed E-state index contributed by atoms with van der Waals surface area (Å²) in [7, 11) is -13.5. The van der Waals surface area contributed by atoms with Gasteiger partial charge in [-0.05, 0) is 16.3 Å². The summed E-state index contributed by atoms with van der Waals surface area (Å²) in [6, 6.07) is 7.82. The molecule has 26 heavy (non-hydrogen) atoms. The summed E-state index contributed by atoms with van der Waals surface area (Å²) in [4.78, 5) is 0. The van der Waals surface area contributed by atoms with E-state index in [4.69, 9.17) is 0 Å². The fraction of sp³-hybridized carbons (Fsp3) is 0.286. The van der Waals surface area contributed by atoms with E-state index in [0.717, 1.165) is 12.1 Å². The van der Waals surface area contributed by atoms with Crippen LogP contribution in [0.15, 0.2) is 42.5 Å². The summed E-state index contributed by atoms with van der Waals surface area (Å²) in [5, 5.41) is -0.268. The molecule has 2 aromatic rings. The Hall–Kier alpha value is -1.82. The maximum atomic E-state index is 12.9. The number of fused-ring (bicyclic) bond motifs is 1. The Balaban J connectivity index is 0.00000338. The standard InChI is InChI=1S/C13H8F6O4S2.CH4/c14-12(15,16)24(20,21)11(25(22,23)13(17,18)19)10-7-3-5-8-4-1-2-6-9(8)10;/h1-7,11H;1H4. The molecule has 0 amide bonds. The van der Waals surface area contributed by atoms with Gasteiger partial charge in [0.1, 0.15) is 0 Å². The lowest BCUT2D eigenvalue weighted by Crippen LogP contribution is -2.39. The molecule has 0 aromatic heterocycles. The van der Waals surface area contributed by atoms with E-state index in [1.807, 2.05) is 0 Å². The first-order valence-corrected chi connectivity index (χ1v) is 9.38. The summed E-state index contributed by atoms with van der Waals surface area (Å²) < 4.78 is 120. The lowest BCUT2D eigenvalue weighted by atomic mass is 10.1. The molecule has 0 saturated heterocycles. The van der Waals surface area contributed by atoms with Crippen molar-refractivity contribution in [3.05, 3.63) is 48.0 Å². The highest BCUT2D eigenvalue weighted by Crippen LogP contribution is 2.46. The van der Waals surface area contributed by atoms with Gasteiger partial charge >= 0.3 is 11.0 Å². The Labute approximate surface area is 145 Å². The van der Waals surface area contributed by atoms with Crippen LogP contribution in [0.5, 0.6) is 0 Å². The van der Waals surface area contributed by atoms with Crippen molar-refractivity contribution >= 4 is 30.4 Å². The molecular formula is C14H12F6O4S2. The topological polar surface area (TPSA) is 68.3 Å². The number of sulfone groups is 2. The van der Waals surface area contributed by atoms with Crippen LogP contribution in [0, 0.1) is 0 Å². The Morgan fingerprint density at radius 3 is 1.58 bits per heavy atom. The van der Waals surface area contributed by atoms with E-state index in [1.165, 1.54) is 24.3 Å². The van der Waals surface area contributed by atoms with Gasteiger partial charge in [0.15, 0.2) is 0 Å². The first-order chi connectivity index (χ1) is 11.2. The van der Waals surface area contributed by atoms with Gasteiger partial charge in [-0.3, -0.25) is 0 Å². The second kappa shape index (κ2) is 6.72. The van der Waals surface area contributed by atoms with Crippen LogP contribution in [0.1, 0.15) is 17.6 Å². The van der Waals surface area contributed by atoms with E-state index < -0.39 is 40.8 Å². The van der Waals surface area contributed by atoms with Crippen LogP contribution in [0.25, 0.3) is 10.8 Å². The molecule has 2 aromatic carbocycles. The largest absolute Gasteiger partial charge is 0.499 e. The highest BCUT2D eigenvalue weighted by atomic mass is 32.3. The van der Waals surface area contributed by atoms with Crippen molar-refractivity contribution in [2.24, 2.45) is 0 Å². The highest BCUT2D eigenvalue weighted by molar-refractivity contribution is 8.09. The summed E-state index contributed by atoms with van der Waals surface area (Å²) in [6.45, 7) is 0. The number of hydrogen-bond acceptors (Lipinski definition) is 4. The molecule has 0 bridgehead atoms. The van der Waals surface area contributed by atoms with Gasteiger partial charge < -0.3 is 0 Å². The Kier molecular flexibility index (Phi) is 5.75. The molecule has 2 rings (SSSR count). The van der Waals surface area contributed by atoms with Crippen LogP contribution in [0.3, 0.4) is 0 Å². The predicted molar refractivity (Wildman–Crippen MR) is 83.4 cm³/mol. The Bertz CT molecular complexity index is 958. The van der Waals surface area contributed by atoms with Crippen molar-refractivity contribution in [2.45, 2.75) is 23.0 Å². The van der Waals surface area contributed by atoms with Crippen LogP contribution in [0.2, 0.25) is 0 Å². The molecule has 0 aliphatic carbocycles. The normalized spacial score (nSPS) is 13.7. The van der Waals surface area contributed by atoms with Gasteiger partial charge in [0.05, 0.1) is 0 Å². The maximum Gasteiger partial charge on any atom is 0.499 e. The zero-order chi connectivity index (χ0) is 19.3. The predicted octanol–water partition coefficient (Wildman–Crippen LogP) is 4.34. The minimum Gasteiger partial charge on any atom is -0.218 e. The van der Waals surface area contributed by atoms with Gasteiger partial charge in [-0.1, -0.05) is 49.9 Å². The van der Waals surface area contributed by atoms with Crippen LogP contribution >= 0.6 is 0 Å². The number of hydrogen-bond donors (Lipinski definition) is 0. The van der Waals surface area contributed by atoms with E-state index in [9.17, 15) is 43.2 Å². The second-order valence-electron chi connectivity index (χ2n) is 4.88. The molecule has 0 fully saturated rings. The minimum atomic E-state index is -6.73. The summed E-state index contributed by atoms with van der Waals surface area (Å²) >= 11 is 0. The van der Waals surface area contributed by atoms with Gasteiger partial charge in [-0.25, -0.2) is 16.8 Å². The fourth-order valence-corrected chi connectivity index (χ4v) is 5.75. The quantitative estimate of drug-likeness (QED) is 0.690. The molecule has 4 nitrogen and oxygen atoms in total. The number of alkyl halides is 6. The number of rotatable bonds is 3. The van der Waals surface area contributed by atoms with Crippen LogP contribution < -0.4 is 0 Å². The van der Waals surface area contributed by atoms with Gasteiger partial charge in [-0.2, -0.15) is 26.3 Å². The number of benzene rings is 2. The molecule has 146 valence electrons. The number of halogens is 6. The van der Waals surface area contributed by atoms with E-state index in [0.29, 0.717) is 6.07 Å². The summed E-state index contributed by atoms with van der Waals surface area (Å²) in [5.74, 6) is 0. The van der Waals surface area contributed by atoms with Crippen molar-refractivity contribution in [3.8, 4) is 0 Å². The lowest BCUT2D eigenvalue weighted by Gasteiger charge is -2.22. The molecule has 0 saturated carbocycles. The molecular weight excluding hydrogens is 410 g/mol. The molecule has 0 aliphatic rings. The molecule has 0 N–H and O–H groups in total. The molecule has 0 heterocycles. The van der Waals surface area contributed by atoms with Crippen molar-refractivity contribution in [1.29, 1.82) is 0 Å². The first kappa shape index (κ1) is 22.2. The lowest BCUT2D eigenvalue weighted by molar-refractivity contribution is -0.0472. The average Bonchev–Trinajstić information content (AvgIpc) is 2.45. The zero-order valence-corrected chi connectivity index (χ0v) is 13.5. The van der Waals surface area contributed by atoms with Crippen LogP contribution in [0.4, 0.5) is 26.3 Å². The first-order valence-electron chi connectivity index (χ1n) is 6.29. The fourth-order valence-electron chi connectivity index (χ4n) is 2.20. The third-order valence-electron chi connectivity index (χ3n) is 3.29.